The Morgan fingerprint density at radius 2 is 1.69 bits per heavy atom. The normalized spacial score (nSPS) is 23.9. The predicted molar refractivity (Wildman–Crippen MR) is 72.4 cm³/mol. The molecule has 1 aliphatic carbocycles. The smallest absolute Gasteiger partial charge is 0.0377 e. The van der Waals surface area contributed by atoms with E-state index in [2.05, 4.69) is 31.2 Å². The van der Waals surface area contributed by atoms with Crippen molar-refractivity contribution < 1.29 is 0 Å². The molecule has 0 aromatic rings. The highest BCUT2D eigenvalue weighted by molar-refractivity contribution is 5.19. The van der Waals surface area contributed by atoms with Crippen molar-refractivity contribution in [3.63, 3.8) is 0 Å². The van der Waals surface area contributed by atoms with Gasteiger partial charge in [-0.05, 0) is 12.8 Å². The first-order chi connectivity index (χ1) is 7.77. The minimum Gasteiger partial charge on any atom is -0.322 e. The molecule has 0 radical (unpaired) electrons. The average molecular weight is 221 g/mol. The van der Waals surface area contributed by atoms with Crippen molar-refractivity contribution in [1.29, 1.82) is 0 Å². The Labute approximate surface area is 101 Å². The van der Waals surface area contributed by atoms with E-state index in [4.69, 9.17) is 5.73 Å². The molecule has 0 amide bonds. The number of allylic oxidation sites excluding steroid dienone is 2. The molecule has 0 saturated heterocycles. The predicted octanol–water partition coefficient (Wildman–Crippen LogP) is 4.34. The molecular weight excluding hydrogens is 194 g/mol. The SMILES string of the molecule is CCCCCCCCCC1(N)C=CC=CC1. The minimum absolute atomic E-state index is 0.0435. The Kier molecular flexibility index (Phi) is 6.47. The van der Waals surface area contributed by atoms with Crippen LogP contribution in [0.2, 0.25) is 0 Å². The van der Waals surface area contributed by atoms with Gasteiger partial charge in [0.1, 0.15) is 0 Å². The zero-order chi connectivity index (χ0) is 11.7. The van der Waals surface area contributed by atoms with Gasteiger partial charge in [-0.15, -0.1) is 0 Å². The summed E-state index contributed by atoms with van der Waals surface area (Å²) < 4.78 is 0. The molecule has 16 heavy (non-hydrogen) atoms. The zero-order valence-electron chi connectivity index (χ0n) is 10.8. The molecule has 0 heterocycles. The van der Waals surface area contributed by atoms with Crippen LogP contribution in [0.1, 0.15) is 64.7 Å². The standard InChI is InChI=1S/C15H27N/c1-2-3-4-5-6-7-9-12-15(16)13-10-8-11-14-15/h8,10-11,13H,2-7,9,12,14,16H2,1H3. The van der Waals surface area contributed by atoms with Crippen molar-refractivity contribution in [2.45, 2.75) is 70.3 Å². The summed E-state index contributed by atoms with van der Waals surface area (Å²) in [5.74, 6) is 0. The van der Waals surface area contributed by atoms with Gasteiger partial charge < -0.3 is 5.73 Å². The van der Waals surface area contributed by atoms with Crippen LogP contribution in [0.3, 0.4) is 0 Å². The first-order valence-electron chi connectivity index (χ1n) is 6.90. The fourth-order valence-corrected chi connectivity index (χ4v) is 2.28. The maximum Gasteiger partial charge on any atom is 0.0377 e. The highest BCUT2D eigenvalue weighted by atomic mass is 14.7. The van der Waals surface area contributed by atoms with Crippen molar-refractivity contribution in [1.82, 2.24) is 0 Å². The van der Waals surface area contributed by atoms with Crippen LogP contribution in [0, 0.1) is 0 Å². The van der Waals surface area contributed by atoms with Crippen molar-refractivity contribution >= 4 is 0 Å². The summed E-state index contributed by atoms with van der Waals surface area (Å²) in [5, 5.41) is 0. The van der Waals surface area contributed by atoms with Gasteiger partial charge in [0.05, 0.1) is 0 Å². The number of nitrogens with two attached hydrogens (primary N) is 1. The summed E-state index contributed by atoms with van der Waals surface area (Å²) in [5.41, 5.74) is 6.24. The molecule has 0 aromatic carbocycles. The molecule has 1 heteroatoms. The van der Waals surface area contributed by atoms with E-state index >= 15 is 0 Å². The van der Waals surface area contributed by atoms with Gasteiger partial charge in [0.25, 0.3) is 0 Å². The summed E-state index contributed by atoms with van der Waals surface area (Å²) in [6, 6.07) is 0. The van der Waals surface area contributed by atoms with Gasteiger partial charge in [0.15, 0.2) is 0 Å². The average Bonchev–Trinajstić information content (AvgIpc) is 2.29. The highest BCUT2D eigenvalue weighted by Gasteiger charge is 2.20. The number of hydrogen-bond donors (Lipinski definition) is 1. The van der Waals surface area contributed by atoms with Gasteiger partial charge in [-0.3, -0.25) is 0 Å². The van der Waals surface area contributed by atoms with Gasteiger partial charge in [0.2, 0.25) is 0 Å². The van der Waals surface area contributed by atoms with Gasteiger partial charge in [-0.2, -0.15) is 0 Å². The number of rotatable bonds is 8. The third-order valence-electron chi connectivity index (χ3n) is 3.42. The van der Waals surface area contributed by atoms with Crippen molar-refractivity contribution in [3.05, 3.63) is 24.3 Å². The van der Waals surface area contributed by atoms with Crippen LogP contribution in [-0.4, -0.2) is 5.54 Å². The van der Waals surface area contributed by atoms with Crippen molar-refractivity contribution in [3.8, 4) is 0 Å². The lowest BCUT2D eigenvalue weighted by atomic mass is 9.87. The number of unbranched alkanes of at least 4 members (excludes halogenated alkanes) is 6. The third-order valence-corrected chi connectivity index (χ3v) is 3.42. The molecule has 0 saturated carbocycles. The van der Waals surface area contributed by atoms with E-state index in [1.54, 1.807) is 0 Å². The minimum atomic E-state index is -0.0435. The van der Waals surface area contributed by atoms with Crippen molar-refractivity contribution in [2.75, 3.05) is 0 Å². The molecule has 92 valence electrons. The van der Waals surface area contributed by atoms with Crippen LogP contribution in [0.4, 0.5) is 0 Å². The van der Waals surface area contributed by atoms with Crippen LogP contribution in [0.15, 0.2) is 24.3 Å². The molecule has 1 atom stereocenters. The van der Waals surface area contributed by atoms with Crippen LogP contribution >= 0.6 is 0 Å². The van der Waals surface area contributed by atoms with Crippen LogP contribution in [-0.2, 0) is 0 Å². The molecular formula is C15H27N. The molecule has 0 aliphatic heterocycles. The lowest BCUT2D eigenvalue weighted by Crippen LogP contribution is -2.37. The molecule has 1 aliphatic rings. The molecule has 1 rings (SSSR count). The van der Waals surface area contributed by atoms with E-state index in [0.29, 0.717) is 0 Å². The van der Waals surface area contributed by atoms with Gasteiger partial charge in [-0.25, -0.2) is 0 Å². The van der Waals surface area contributed by atoms with Gasteiger partial charge >= 0.3 is 0 Å². The highest BCUT2D eigenvalue weighted by Crippen LogP contribution is 2.22. The van der Waals surface area contributed by atoms with E-state index < -0.39 is 0 Å². The maximum atomic E-state index is 6.28. The van der Waals surface area contributed by atoms with Crippen LogP contribution in [0.5, 0.6) is 0 Å². The van der Waals surface area contributed by atoms with Crippen LogP contribution in [0.25, 0.3) is 0 Å². The summed E-state index contributed by atoms with van der Waals surface area (Å²) >= 11 is 0. The molecule has 0 bridgehead atoms. The van der Waals surface area contributed by atoms with E-state index in [-0.39, 0.29) is 5.54 Å². The summed E-state index contributed by atoms with van der Waals surface area (Å²) in [6.07, 6.45) is 20.2. The molecule has 0 aromatic heterocycles. The Morgan fingerprint density at radius 3 is 2.31 bits per heavy atom. The maximum absolute atomic E-state index is 6.28. The van der Waals surface area contributed by atoms with E-state index in [0.717, 1.165) is 12.8 Å². The second kappa shape index (κ2) is 7.67. The molecule has 0 spiro atoms. The fourth-order valence-electron chi connectivity index (χ4n) is 2.28. The first-order valence-corrected chi connectivity index (χ1v) is 6.90. The quantitative estimate of drug-likeness (QED) is 0.606. The second-order valence-corrected chi connectivity index (χ2v) is 5.10. The van der Waals surface area contributed by atoms with Crippen molar-refractivity contribution in [2.24, 2.45) is 5.73 Å². The van der Waals surface area contributed by atoms with Gasteiger partial charge in [-0.1, -0.05) is 76.2 Å². The Morgan fingerprint density at radius 1 is 1.00 bits per heavy atom. The Hall–Kier alpha value is -0.560. The molecule has 1 nitrogen and oxygen atoms in total. The van der Waals surface area contributed by atoms with Crippen LogP contribution < -0.4 is 5.73 Å². The Balaban J connectivity index is 1.98. The summed E-state index contributed by atoms with van der Waals surface area (Å²) in [4.78, 5) is 0. The monoisotopic (exact) mass is 221 g/mol. The topological polar surface area (TPSA) is 26.0 Å². The van der Waals surface area contributed by atoms with Gasteiger partial charge in [0, 0.05) is 5.54 Å². The summed E-state index contributed by atoms with van der Waals surface area (Å²) in [6.45, 7) is 2.26. The third kappa shape index (κ3) is 5.50. The molecule has 0 fully saturated rings. The fraction of sp³-hybridized carbons (Fsp3) is 0.733. The Bertz CT molecular complexity index is 230. The molecule has 2 N–H and O–H groups in total. The second-order valence-electron chi connectivity index (χ2n) is 5.10. The number of hydrogen-bond acceptors (Lipinski definition) is 1. The zero-order valence-corrected chi connectivity index (χ0v) is 10.8. The molecule has 1 unspecified atom stereocenters. The first kappa shape index (κ1) is 13.5. The largest absolute Gasteiger partial charge is 0.322 e. The lowest BCUT2D eigenvalue weighted by Gasteiger charge is -2.26. The van der Waals surface area contributed by atoms with E-state index in [9.17, 15) is 0 Å². The summed E-state index contributed by atoms with van der Waals surface area (Å²) in [7, 11) is 0. The van der Waals surface area contributed by atoms with E-state index in [1.165, 1.54) is 44.9 Å². The van der Waals surface area contributed by atoms with E-state index in [1.807, 2.05) is 0 Å². The lowest BCUT2D eigenvalue weighted by molar-refractivity contribution is 0.450.